The average molecular weight is 356 g/mol. The first-order chi connectivity index (χ1) is 12.4. The van der Waals surface area contributed by atoms with E-state index in [1.54, 1.807) is 6.20 Å². The third-order valence-corrected chi connectivity index (χ3v) is 4.00. The lowest BCUT2D eigenvalue weighted by Crippen LogP contribution is -2.49. The number of benzene rings is 1. The van der Waals surface area contributed by atoms with Gasteiger partial charge in [-0.25, -0.2) is 4.98 Å². The van der Waals surface area contributed by atoms with Gasteiger partial charge in [0.1, 0.15) is 11.9 Å². The highest BCUT2D eigenvalue weighted by atomic mass is 16.2. The molecule has 0 saturated heterocycles. The fourth-order valence-electron chi connectivity index (χ4n) is 2.64. The van der Waals surface area contributed by atoms with Crippen molar-refractivity contribution in [1.82, 2.24) is 20.6 Å². The van der Waals surface area contributed by atoms with Crippen molar-refractivity contribution >= 4 is 11.8 Å². The Balaban J connectivity index is 1.93. The molecule has 6 heteroatoms. The van der Waals surface area contributed by atoms with Crippen LogP contribution >= 0.6 is 0 Å². The Hall–Kier alpha value is -2.63. The quantitative estimate of drug-likeness (QED) is 0.680. The van der Waals surface area contributed by atoms with Crippen LogP contribution in [0, 0.1) is 11.8 Å². The molecule has 1 aromatic carbocycles. The van der Waals surface area contributed by atoms with Gasteiger partial charge in [0.05, 0.1) is 18.4 Å². The van der Waals surface area contributed by atoms with E-state index in [0.29, 0.717) is 12.2 Å². The molecule has 1 heterocycles. The Morgan fingerprint density at radius 1 is 1.12 bits per heavy atom. The maximum atomic E-state index is 12.5. The molecule has 2 aromatic rings. The number of carbonyl (C=O) groups excluding carboxylic acids is 2. The molecule has 0 saturated carbocycles. The molecule has 2 amide bonds. The maximum Gasteiger partial charge on any atom is 0.243 e. The molecule has 0 aliphatic carbocycles. The smallest absolute Gasteiger partial charge is 0.243 e. The predicted octanol–water partition coefficient (Wildman–Crippen LogP) is 2.88. The number of nitrogens with zero attached hydrogens (tertiary/aromatic N) is 1. The van der Waals surface area contributed by atoms with Crippen molar-refractivity contribution in [1.29, 1.82) is 0 Å². The summed E-state index contributed by atoms with van der Waals surface area (Å²) in [5.74, 6) is 0.634. The van der Waals surface area contributed by atoms with Gasteiger partial charge in [0.25, 0.3) is 0 Å². The molecule has 140 valence electrons. The van der Waals surface area contributed by atoms with Crippen LogP contribution < -0.4 is 10.6 Å². The van der Waals surface area contributed by atoms with Crippen LogP contribution in [-0.4, -0.2) is 27.8 Å². The number of imidazole rings is 1. The largest absolute Gasteiger partial charge is 0.347 e. The van der Waals surface area contributed by atoms with Gasteiger partial charge in [0.2, 0.25) is 11.8 Å². The van der Waals surface area contributed by atoms with Crippen LogP contribution in [0.25, 0.3) is 11.3 Å². The highest BCUT2D eigenvalue weighted by molar-refractivity contribution is 5.87. The number of hydrogen-bond acceptors (Lipinski definition) is 3. The lowest BCUT2D eigenvalue weighted by molar-refractivity contribution is -0.130. The van der Waals surface area contributed by atoms with Crippen molar-refractivity contribution < 1.29 is 9.59 Å². The number of hydrogen-bond donors (Lipinski definition) is 3. The molecule has 0 spiro atoms. The van der Waals surface area contributed by atoms with Crippen LogP contribution in [0.5, 0.6) is 0 Å². The normalized spacial score (nSPS) is 12.2. The van der Waals surface area contributed by atoms with Gasteiger partial charge in [-0.2, -0.15) is 0 Å². The van der Waals surface area contributed by atoms with Crippen molar-refractivity contribution in [3.8, 4) is 11.3 Å². The molecule has 0 aliphatic rings. The Bertz CT molecular complexity index is 722. The average Bonchev–Trinajstić information content (AvgIpc) is 3.06. The lowest BCUT2D eigenvalue weighted by Gasteiger charge is -2.22. The molecule has 0 bridgehead atoms. The van der Waals surface area contributed by atoms with Crippen molar-refractivity contribution in [3.63, 3.8) is 0 Å². The first-order valence-corrected chi connectivity index (χ1v) is 9.03. The molecular formula is C20H28N4O2. The minimum Gasteiger partial charge on any atom is -0.347 e. The molecular weight excluding hydrogens is 328 g/mol. The fraction of sp³-hybridized carbons (Fsp3) is 0.450. The molecule has 6 nitrogen and oxygen atoms in total. The summed E-state index contributed by atoms with van der Waals surface area (Å²) in [7, 11) is 0. The highest BCUT2D eigenvalue weighted by Gasteiger charge is 2.24. The minimum atomic E-state index is -0.551. The lowest BCUT2D eigenvalue weighted by atomic mass is 10.0. The van der Waals surface area contributed by atoms with Crippen molar-refractivity contribution in [3.05, 3.63) is 42.4 Å². The fourth-order valence-corrected chi connectivity index (χ4v) is 2.64. The molecule has 0 unspecified atom stereocenters. The summed E-state index contributed by atoms with van der Waals surface area (Å²) in [6.07, 6.45) is 2.16. The molecule has 0 aliphatic heterocycles. The molecule has 0 radical (unpaired) electrons. The van der Waals surface area contributed by atoms with E-state index in [9.17, 15) is 9.59 Å². The van der Waals surface area contributed by atoms with Crippen LogP contribution in [-0.2, 0) is 16.1 Å². The second-order valence-corrected chi connectivity index (χ2v) is 7.21. The van der Waals surface area contributed by atoms with E-state index in [1.807, 2.05) is 58.0 Å². The minimum absolute atomic E-state index is 0.00240. The van der Waals surface area contributed by atoms with Crippen LogP contribution in [0.4, 0.5) is 0 Å². The molecule has 1 aromatic heterocycles. The first-order valence-electron chi connectivity index (χ1n) is 9.03. The summed E-state index contributed by atoms with van der Waals surface area (Å²) < 4.78 is 0. The van der Waals surface area contributed by atoms with E-state index in [0.717, 1.165) is 11.3 Å². The standard InChI is InChI=1S/C20H28N4O2/c1-13(2)10-18(25)24-19(14(3)4)20(26)22-12-17-21-11-16(23-17)15-8-6-5-7-9-15/h5-9,11,13-14,19H,10,12H2,1-4H3,(H,21,23)(H,22,26)(H,24,25)/t19-/m0/s1. The summed E-state index contributed by atoms with van der Waals surface area (Å²) in [4.78, 5) is 32.0. The van der Waals surface area contributed by atoms with Crippen molar-refractivity contribution in [2.45, 2.75) is 46.7 Å². The highest BCUT2D eigenvalue weighted by Crippen LogP contribution is 2.16. The molecule has 1 atom stereocenters. The number of rotatable bonds is 8. The van der Waals surface area contributed by atoms with Crippen LogP contribution in [0.15, 0.2) is 36.5 Å². The summed E-state index contributed by atoms with van der Waals surface area (Å²) >= 11 is 0. The number of H-pyrrole nitrogens is 1. The molecule has 0 fully saturated rings. The molecule has 2 rings (SSSR count). The SMILES string of the molecule is CC(C)CC(=O)N[C@H](C(=O)NCc1ncc(-c2ccccc2)[nH]1)C(C)C. The molecule has 26 heavy (non-hydrogen) atoms. The number of nitrogens with one attached hydrogen (secondary N) is 3. The number of amides is 2. The number of aromatic nitrogens is 2. The van der Waals surface area contributed by atoms with E-state index >= 15 is 0 Å². The second-order valence-electron chi connectivity index (χ2n) is 7.21. The number of carbonyl (C=O) groups is 2. The predicted molar refractivity (Wildman–Crippen MR) is 102 cm³/mol. The van der Waals surface area contributed by atoms with Gasteiger partial charge in [-0.15, -0.1) is 0 Å². The van der Waals surface area contributed by atoms with Gasteiger partial charge in [0, 0.05) is 6.42 Å². The van der Waals surface area contributed by atoms with Gasteiger partial charge in [0.15, 0.2) is 0 Å². The maximum absolute atomic E-state index is 12.5. The summed E-state index contributed by atoms with van der Waals surface area (Å²) in [5.41, 5.74) is 1.94. The van der Waals surface area contributed by atoms with Crippen LogP contribution in [0.2, 0.25) is 0 Å². The Morgan fingerprint density at radius 2 is 1.81 bits per heavy atom. The topological polar surface area (TPSA) is 86.9 Å². The summed E-state index contributed by atoms with van der Waals surface area (Å²) in [5, 5.41) is 5.69. The van der Waals surface area contributed by atoms with Gasteiger partial charge in [-0.3, -0.25) is 9.59 Å². The van der Waals surface area contributed by atoms with Gasteiger partial charge in [-0.05, 0) is 17.4 Å². The monoisotopic (exact) mass is 356 g/mol. The summed E-state index contributed by atoms with van der Waals surface area (Å²) in [6.45, 7) is 8.08. The van der Waals surface area contributed by atoms with E-state index in [-0.39, 0.29) is 30.2 Å². The van der Waals surface area contributed by atoms with E-state index in [4.69, 9.17) is 0 Å². The second kappa shape index (κ2) is 9.17. The van der Waals surface area contributed by atoms with Crippen LogP contribution in [0.1, 0.15) is 39.9 Å². The van der Waals surface area contributed by atoms with Crippen LogP contribution in [0.3, 0.4) is 0 Å². The third-order valence-electron chi connectivity index (χ3n) is 4.00. The Kier molecular flexibility index (Phi) is 6.95. The van der Waals surface area contributed by atoms with Gasteiger partial charge in [-0.1, -0.05) is 58.0 Å². The van der Waals surface area contributed by atoms with E-state index < -0.39 is 6.04 Å². The third kappa shape index (κ3) is 5.72. The van der Waals surface area contributed by atoms with Crippen molar-refractivity contribution in [2.75, 3.05) is 0 Å². The van der Waals surface area contributed by atoms with E-state index in [1.165, 1.54) is 0 Å². The van der Waals surface area contributed by atoms with Crippen molar-refractivity contribution in [2.24, 2.45) is 11.8 Å². The Morgan fingerprint density at radius 3 is 2.42 bits per heavy atom. The Labute approximate surface area is 154 Å². The molecule has 3 N–H and O–H groups in total. The zero-order valence-corrected chi connectivity index (χ0v) is 15.9. The van der Waals surface area contributed by atoms with Gasteiger partial charge >= 0.3 is 0 Å². The first kappa shape index (κ1) is 19.7. The number of aromatic amines is 1. The zero-order valence-electron chi connectivity index (χ0n) is 15.9. The summed E-state index contributed by atoms with van der Waals surface area (Å²) in [6, 6.07) is 9.32. The van der Waals surface area contributed by atoms with E-state index in [2.05, 4.69) is 20.6 Å². The zero-order chi connectivity index (χ0) is 19.1. The van der Waals surface area contributed by atoms with Gasteiger partial charge < -0.3 is 15.6 Å².